The topological polar surface area (TPSA) is 26.3 Å². The Morgan fingerprint density at radius 1 is 1.00 bits per heavy atom. The van der Waals surface area contributed by atoms with Crippen LogP contribution in [0.2, 0.25) is 0 Å². The monoisotopic (exact) mass is 222 g/mol. The molecule has 0 fully saturated rings. The summed E-state index contributed by atoms with van der Waals surface area (Å²) >= 11 is 0. The van der Waals surface area contributed by atoms with Crippen molar-refractivity contribution in [2.24, 2.45) is 0 Å². The lowest BCUT2D eigenvalue weighted by Gasteiger charge is -2.04. The van der Waals surface area contributed by atoms with Crippen molar-refractivity contribution in [3.05, 3.63) is 59.7 Å². The molecule has 0 saturated carbocycles. The summed E-state index contributed by atoms with van der Waals surface area (Å²) in [5, 5.41) is 0. The molecule has 3 heteroatoms. The highest BCUT2D eigenvalue weighted by Crippen LogP contribution is 2.13. The maximum absolute atomic E-state index is 11.7. The van der Waals surface area contributed by atoms with E-state index in [2.05, 4.69) is 0 Å². The molecule has 82 valence electrons. The summed E-state index contributed by atoms with van der Waals surface area (Å²) in [5.41, 5.74) is 2.23. The fourth-order valence-electron chi connectivity index (χ4n) is 1.39. The third-order valence-corrected chi connectivity index (χ3v) is 2.38. The summed E-state index contributed by atoms with van der Waals surface area (Å²) in [7, 11) is 5.54. The molecule has 0 heterocycles. The Balaban J connectivity index is 2.11. The van der Waals surface area contributed by atoms with Crippen LogP contribution >= 0.6 is 0 Å². The van der Waals surface area contributed by atoms with Crippen LogP contribution < -0.4 is 10.2 Å². The van der Waals surface area contributed by atoms with Gasteiger partial charge in [-0.3, -0.25) is 0 Å². The van der Waals surface area contributed by atoms with Crippen molar-refractivity contribution in [1.29, 1.82) is 0 Å². The highest BCUT2D eigenvalue weighted by atomic mass is 16.5. The molecule has 0 aromatic heterocycles. The second-order valence-corrected chi connectivity index (χ2v) is 3.82. The van der Waals surface area contributed by atoms with Crippen molar-refractivity contribution >= 4 is 19.3 Å². The Bertz CT molecular complexity index is 515. The van der Waals surface area contributed by atoms with E-state index in [1.54, 1.807) is 36.4 Å². The van der Waals surface area contributed by atoms with E-state index in [4.69, 9.17) is 12.6 Å². The zero-order chi connectivity index (χ0) is 12.3. The number of esters is 1. The van der Waals surface area contributed by atoms with Crippen LogP contribution in [-0.4, -0.2) is 13.8 Å². The molecule has 0 spiro atoms. The average Bonchev–Trinajstić information content (AvgIpc) is 2.33. The second-order valence-electron chi connectivity index (χ2n) is 3.82. The van der Waals surface area contributed by atoms with Crippen molar-refractivity contribution in [3.8, 4) is 5.75 Å². The summed E-state index contributed by atoms with van der Waals surface area (Å²) in [5.74, 6) is 0.159. The smallest absolute Gasteiger partial charge is 0.343 e. The van der Waals surface area contributed by atoms with Gasteiger partial charge in [0, 0.05) is 0 Å². The number of carbonyl (C=O) groups excluding carboxylic acids is 1. The van der Waals surface area contributed by atoms with E-state index >= 15 is 0 Å². The molecule has 2 nitrogen and oxygen atoms in total. The van der Waals surface area contributed by atoms with E-state index in [-0.39, 0.29) is 5.97 Å². The van der Waals surface area contributed by atoms with Crippen LogP contribution in [0, 0.1) is 6.92 Å². The lowest BCUT2D eigenvalue weighted by Crippen LogP contribution is -2.10. The summed E-state index contributed by atoms with van der Waals surface area (Å²) in [6.45, 7) is 1.98. The number of aryl methyl sites for hydroxylation is 1. The fraction of sp³-hybridized carbons (Fsp3) is 0.0714. The molecule has 2 aromatic rings. The van der Waals surface area contributed by atoms with Gasteiger partial charge in [0.2, 0.25) is 0 Å². The van der Waals surface area contributed by atoms with Gasteiger partial charge in [-0.1, -0.05) is 35.3 Å². The highest BCUT2D eigenvalue weighted by Gasteiger charge is 2.07. The fourth-order valence-corrected chi connectivity index (χ4v) is 1.39. The van der Waals surface area contributed by atoms with Gasteiger partial charge >= 0.3 is 5.97 Å². The maximum Gasteiger partial charge on any atom is 0.343 e. The summed E-state index contributed by atoms with van der Waals surface area (Å²) in [4.78, 5) is 11.7. The Kier molecular flexibility index (Phi) is 3.28. The van der Waals surface area contributed by atoms with E-state index in [1.165, 1.54) is 0 Å². The molecule has 2 rings (SSSR count). The maximum atomic E-state index is 11.7. The van der Waals surface area contributed by atoms with Gasteiger partial charge in [-0.05, 0) is 31.2 Å². The van der Waals surface area contributed by atoms with Crippen LogP contribution in [0.4, 0.5) is 0 Å². The first-order valence-corrected chi connectivity index (χ1v) is 5.29. The van der Waals surface area contributed by atoms with Gasteiger partial charge in [0.05, 0.1) is 5.56 Å². The van der Waals surface area contributed by atoms with Gasteiger partial charge in [-0.2, -0.15) is 0 Å². The molecule has 2 radical (unpaired) electrons. The van der Waals surface area contributed by atoms with Gasteiger partial charge in [0.1, 0.15) is 13.6 Å². The van der Waals surface area contributed by atoms with Crippen molar-refractivity contribution in [2.45, 2.75) is 6.92 Å². The van der Waals surface area contributed by atoms with Crippen LogP contribution in [0.1, 0.15) is 15.9 Å². The van der Waals surface area contributed by atoms with E-state index < -0.39 is 0 Å². The number of hydrogen-bond donors (Lipinski definition) is 0. The first-order valence-electron chi connectivity index (χ1n) is 5.29. The van der Waals surface area contributed by atoms with Crippen molar-refractivity contribution < 1.29 is 9.53 Å². The van der Waals surface area contributed by atoms with E-state index in [0.717, 1.165) is 5.56 Å². The Morgan fingerprint density at radius 2 is 1.59 bits per heavy atom. The minimum Gasteiger partial charge on any atom is -0.423 e. The lowest BCUT2D eigenvalue weighted by molar-refractivity contribution is 0.0735. The van der Waals surface area contributed by atoms with Crippen molar-refractivity contribution in [2.75, 3.05) is 0 Å². The van der Waals surface area contributed by atoms with Crippen LogP contribution in [0.25, 0.3) is 0 Å². The normalized spacial score (nSPS) is 9.94. The van der Waals surface area contributed by atoms with E-state index in [9.17, 15) is 4.79 Å². The van der Waals surface area contributed by atoms with Crippen LogP contribution in [-0.2, 0) is 0 Å². The molecule has 0 bridgehead atoms. The number of hydrogen-bond acceptors (Lipinski definition) is 2. The molecule has 0 unspecified atom stereocenters. The third-order valence-electron chi connectivity index (χ3n) is 2.38. The number of rotatable bonds is 2. The number of ether oxygens (including phenoxy) is 1. The largest absolute Gasteiger partial charge is 0.423 e. The SMILES string of the molecule is [B]c1ccc(C(=O)Oc2ccc(C)cc2)cc1. The number of carbonyl (C=O) groups is 1. The molecule has 0 atom stereocenters. The standard InChI is InChI=1S/C14H11BO2/c1-10-2-8-13(9-3-10)17-14(16)11-4-6-12(15)7-5-11/h2-9H,1H3. The molecular formula is C14H11BO2. The van der Waals surface area contributed by atoms with Gasteiger partial charge in [0.15, 0.2) is 0 Å². The average molecular weight is 222 g/mol. The quantitative estimate of drug-likeness (QED) is 0.441. The Hall–Kier alpha value is -2.03. The van der Waals surface area contributed by atoms with E-state index in [0.29, 0.717) is 16.8 Å². The third kappa shape index (κ3) is 2.97. The number of benzene rings is 2. The predicted octanol–water partition coefficient (Wildman–Crippen LogP) is 2.01. The van der Waals surface area contributed by atoms with Gasteiger partial charge in [-0.15, -0.1) is 0 Å². The molecule has 0 aliphatic heterocycles. The molecule has 0 saturated heterocycles. The van der Waals surface area contributed by atoms with Crippen molar-refractivity contribution in [3.63, 3.8) is 0 Å². The molecule has 0 amide bonds. The molecule has 0 aliphatic carbocycles. The van der Waals surface area contributed by atoms with Crippen LogP contribution in [0.3, 0.4) is 0 Å². The molecule has 0 N–H and O–H groups in total. The van der Waals surface area contributed by atoms with Crippen molar-refractivity contribution in [1.82, 2.24) is 0 Å². The molecule has 17 heavy (non-hydrogen) atoms. The molecule has 0 aliphatic rings. The Labute approximate surface area is 102 Å². The molecular weight excluding hydrogens is 211 g/mol. The van der Waals surface area contributed by atoms with Gasteiger partial charge in [-0.25, -0.2) is 4.79 Å². The Morgan fingerprint density at radius 3 is 2.18 bits per heavy atom. The zero-order valence-corrected chi connectivity index (χ0v) is 9.51. The zero-order valence-electron chi connectivity index (χ0n) is 9.51. The first-order chi connectivity index (χ1) is 8.15. The lowest BCUT2D eigenvalue weighted by atomic mass is 9.95. The second kappa shape index (κ2) is 4.87. The predicted molar refractivity (Wildman–Crippen MR) is 68.0 cm³/mol. The summed E-state index contributed by atoms with van der Waals surface area (Å²) < 4.78 is 5.22. The van der Waals surface area contributed by atoms with E-state index in [1.807, 2.05) is 19.1 Å². The summed E-state index contributed by atoms with van der Waals surface area (Å²) in [6, 6.07) is 14.0. The highest BCUT2D eigenvalue weighted by molar-refractivity contribution is 6.32. The van der Waals surface area contributed by atoms with Gasteiger partial charge in [0.25, 0.3) is 0 Å². The minimum absolute atomic E-state index is 0.381. The molecule has 2 aromatic carbocycles. The summed E-state index contributed by atoms with van der Waals surface area (Å²) in [6.07, 6.45) is 0. The first kappa shape index (κ1) is 11.5. The minimum atomic E-state index is -0.381. The van der Waals surface area contributed by atoms with Gasteiger partial charge < -0.3 is 4.74 Å². The van der Waals surface area contributed by atoms with Crippen LogP contribution in [0.15, 0.2) is 48.5 Å². The van der Waals surface area contributed by atoms with Crippen LogP contribution in [0.5, 0.6) is 5.75 Å².